The average molecular weight is 383 g/mol. The molecule has 1 N–H and O–H groups in total. The molecule has 0 saturated heterocycles. The Bertz CT molecular complexity index is 768. The molecule has 8 heteroatoms. The number of nitrogens with one attached hydrogen (secondary N) is 1. The van der Waals surface area contributed by atoms with Gasteiger partial charge < -0.3 is 0 Å². The Morgan fingerprint density at radius 3 is 2.25 bits per heavy atom. The molecule has 0 aliphatic heterocycles. The Labute approximate surface area is 127 Å². The Kier molecular flexibility index (Phi) is 4.31. The van der Waals surface area contributed by atoms with E-state index in [9.17, 15) is 17.2 Å². The van der Waals surface area contributed by atoms with Crippen LogP contribution in [0.2, 0.25) is 5.02 Å². The average Bonchev–Trinajstić information content (AvgIpc) is 2.32. The second kappa shape index (κ2) is 5.67. The van der Waals surface area contributed by atoms with E-state index in [4.69, 9.17) is 11.6 Å². The zero-order valence-electron chi connectivity index (χ0n) is 9.70. The van der Waals surface area contributed by atoms with E-state index < -0.39 is 21.7 Å². The van der Waals surface area contributed by atoms with Gasteiger partial charge in [0.2, 0.25) is 0 Å². The Hall–Kier alpha value is -1.18. The van der Waals surface area contributed by atoms with E-state index in [-0.39, 0.29) is 20.1 Å². The summed E-state index contributed by atoms with van der Waals surface area (Å²) in [6.45, 7) is 0. The second-order valence-corrected chi connectivity index (χ2v) is 6.72. The predicted octanol–water partition coefficient (Wildman–Crippen LogP) is 4.18. The quantitative estimate of drug-likeness (QED) is 0.865. The smallest absolute Gasteiger partial charge is 0.263 e. The summed E-state index contributed by atoms with van der Waals surface area (Å²) in [7, 11) is -3.97. The highest BCUT2D eigenvalue weighted by molar-refractivity contribution is 9.10. The minimum absolute atomic E-state index is 0.0318. The zero-order valence-corrected chi connectivity index (χ0v) is 12.9. The van der Waals surface area contributed by atoms with E-state index in [0.717, 1.165) is 30.3 Å². The first-order valence-corrected chi connectivity index (χ1v) is 7.88. The number of hydrogen-bond acceptors (Lipinski definition) is 2. The normalized spacial score (nSPS) is 11.4. The van der Waals surface area contributed by atoms with Gasteiger partial charge in [-0.05, 0) is 52.3 Å². The lowest BCUT2D eigenvalue weighted by Crippen LogP contribution is -2.14. The van der Waals surface area contributed by atoms with Crippen LogP contribution in [0, 0.1) is 11.6 Å². The van der Waals surface area contributed by atoms with Crippen molar-refractivity contribution in [2.45, 2.75) is 4.90 Å². The number of sulfonamides is 1. The molecule has 0 radical (unpaired) electrons. The van der Waals surface area contributed by atoms with Crippen LogP contribution in [0.1, 0.15) is 0 Å². The molecule has 2 rings (SSSR count). The van der Waals surface area contributed by atoms with Gasteiger partial charge in [0.15, 0.2) is 0 Å². The standard InChI is InChI=1S/C12H7BrClF2NO2S/c13-9-5-7(15)2-4-12(9)20(18,19)17-11-3-1-8(16)6-10(11)14/h1-6,17H. The largest absolute Gasteiger partial charge is 0.278 e. The minimum Gasteiger partial charge on any atom is -0.278 e. The van der Waals surface area contributed by atoms with Crippen molar-refractivity contribution in [3.8, 4) is 0 Å². The van der Waals surface area contributed by atoms with Crippen molar-refractivity contribution in [1.82, 2.24) is 0 Å². The minimum atomic E-state index is -3.97. The maximum Gasteiger partial charge on any atom is 0.263 e. The highest BCUT2D eigenvalue weighted by Gasteiger charge is 2.19. The van der Waals surface area contributed by atoms with Crippen molar-refractivity contribution >= 4 is 43.2 Å². The van der Waals surface area contributed by atoms with Crippen molar-refractivity contribution in [3.05, 3.63) is 57.5 Å². The monoisotopic (exact) mass is 381 g/mol. The molecule has 0 fully saturated rings. The van der Waals surface area contributed by atoms with Gasteiger partial charge in [-0.1, -0.05) is 11.6 Å². The number of rotatable bonds is 3. The van der Waals surface area contributed by atoms with Crippen LogP contribution < -0.4 is 4.72 Å². The molecule has 0 bridgehead atoms. The lowest BCUT2D eigenvalue weighted by atomic mass is 10.3. The maximum absolute atomic E-state index is 13.0. The highest BCUT2D eigenvalue weighted by atomic mass is 79.9. The molecule has 2 aromatic rings. The summed E-state index contributed by atoms with van der Waals surface area (Å²) in [4.78, 5) is -0.153. The van der Waals surface area contributed by atoms with Gasteiger partial charge in [0, 0.05) is 4.47 Å². The molecule has 106 valence electrons. The number of anilines is 1. The summed E-state index contributed by atoms with van der Waals surface area (Å²) in [5, 5.41) is -0.0770. The summed E-state index contributed by atoms with van der Waals surface area (Å²) < 4.78 is 52.5. The van der Waals surface area contributed by atoms with Crippen molar-refractivity contribution < 1.29 is 17.2 Å². The van der Waals surface area contributed by atoms with E-state index in [1.54, 1.807) is 0 Å². The van der Waals surface area contributed by atoms with Crippen LogP contribution in [0.3, 0.4) is 0 Å². The molecule has 0 spiro atoms. The molecule has 0 heterocycles. The first-order valence-electron chi connectivity index (χ1n) is 5.22. The van der Waals surface area contributed by atoms with Crippen molar-refractivity contribution in [2.24, 2.45) is 0 Å². The molecule has 0 amide bonds. The van der Waals surface area contributed by atoms with E-state index in [1.807, 2.05) is 0 Å². The highest BCUT2D eigenvalue weighted by Crippen LogP contribution is 2.28. The van der Waals surface area contributed by atoms with E-state index in [2.05, 4.69) is 20.7 Å². The van der Waals surface area contributed by atoms with Crippen LogP contribution in [0.25, 0.3) is 0 Å². The topological polar surface area (TPSA) is 46.2 Å². The molecule has 0 atom stereocenters. The van der Waals surface area contributed by atoms with Crippen LogP contribution in [0.4, 0.5) is 14.5 Å². The molecule has 20 heavy (non-hydrogen) atoms. The third kappa shape index (κ3) is 3.28. The predicted molar refractivity (Wildman–Crippen MR) is 76.3 cm³/mol. The zero-order chi connectivity index (χ0) is 14.9. The molecular formula is C12H7BrClF2NO2S. The summed E-state index contributed by atoms with van der Waals surface area (Å²) in [6.07, 6.45) is 0. The lowest BCUT2D eigenvalue weighted by molar-refractivity contribution is 0.598. The SMILES string of the molecule is O=S(=O)(Nc1ccc(F)cc1Cl)c1ccc(F)cc1Br. The Morgan fingerprint density at radius 1 is 1.05 bits per heavy atom. The molecule has 2 aromatic carbocycles. The van der Waals surface area contributed by atoms with Crippen LogP contribution in [-0.2, 0) is 10.0 Å². The van der Waals surface area contributed by atoms with Crippen molar-refractivity contribution in [2.75, 3.05) is 4.72 Å². The number of halogens is 4. The molecule has 3 nitrogen and oxygen atoms in total. The van der Waals surface area contributed by atoms with E-state index >= 15 is 0 Å². The summed E-state index contributed by atoms with van der Waals surface area (Å²) >= 11 is 8.72. The molecule has 0 aromatic heterocycles. The first kappa shape index (κ1) is 15.2. The summed E-state index contributed by atoms with van der Waals surface area (Å²) in [6, 6.07) is 6.42. The first-order chi connectivity index (χ1) is 9.29. The molecular weight excluding hydrogens is 376 g/mol. The fraction of sp³-hybridized carbons (Fsp3) is 0. The van der Waals surface area contributed by atoms with Crippen LogP contribution in [-0.4, -0.2) is 8.42 Å². The van der Waals surface area contributed by atoms with Gasteiger partial charge in [-0.2, -0.15) is 0 Å². The van der Waals surface area contributed by atoms with Gasteiger partial charge in [-0.3, -0.25) is 4.72 Å². The second-order valence-electron chi connectivity index (χ2n) is 3.80. The third-order valence-corrected chi connectivity index (χ3v) is 5.01. The van der Waals surface area contributed by atoms with Gasteiger partial charge in [0.1, 0.15) is 16.5 Å². The maximum atomic E-state index is 13.0. The van der Waals surface area contributed by atoms with Gasteiger partial charge in [0.25, 0.3) is 10.0 Å². The van der Waals surface area contributed by atoms with Gasteiger partial charge in [0.05, 0.1) is 10.7 Å². The Balaban J connectivity index is 2.41. The third-order valence-electron chi connectivity index (χ3n) is 2.36. The molecule has 0 unspecified atom stereocenters. The number of benzene rings is 2. The summed E-state index contributed by atoms with van der Waals surface area (Å²) in [5.41, 5.74) is 0.0318. The fourth-order valence-corrected chi connectivity index (χ4v) is 3.87. The van der Waals surface area contributed by atoms with Gasteiger partial charge in [-0.25, -0.2) is 17.2 Å². The van der Waals surface area contributed by atoms with Crippen molar-refractivity contribution in [1.29, 1.82) is 0 Å². The van der Waals surface area contributed by atoms with Crippen LogP contribution in [0.5, 0.6) is 0 Å². The van der Waals surface area contributed by atoms with Crippen LogP contribution in [0.15, 0.2) is 45.8 Å². The van der Waals surface area contributed by atoms with Gasteiger partial charge in [-0.15, -0.1) is 0 Å². The fourth-order valence-electron chi connectivity index (χ4n) is 1.47. The molecule has 0 saturated carbocycles. The Morgan fingerprint density at radius 2 is 1.65 bits per heavy atom. The van der Waals surface area contributed by atoms with Crippen LogP contribution >= 0.6 is 27.5 Å². The lowest BCUT2D eigenvalue weighted by Gasteiger charge is -2.11. The van der Waals surface area contributed by atoms with E-state index in [0.29, 0.717) is 0 Å². The number of hydrogen-bond donors (Lipinski definition) is 1. The van der Waals surface area contributed by atoms with Gasteiger partial charge >= 0.3 is 0 Å². The van der Waals surface area contributed by atoms with Crippen molar-refractivity contribution in [3.63, 3.8) is 0 Å². The van der Waals surface area contributed by atoms with E-state index in [1.165, 1.54) is 6.07 Å². The summed E-state index contributed by atoms with van der Waals surface area (Å²) in [5.74, 6) is -1.16. The molecule has 0 aliphatic carbocycles. The molecule has 0 aliphatic rings.